The molecular formula is C15H16ClN3O4. The molecule has 0 bridgehead atoms. The maximum atomic E-state index is 12.3. The molecule has 1 amide bonds. The van der Waals surface area contributed by atoms with Crippen LogP contribution < -0.4 is 5.32 Å². The normalized spacial score (nSPS) is 12.2. The fourth-order valence-corrected chi connectivity index (χ4v) is 2.32. The number of nitrogens with one attached hydrogen (secondary N) is 1. The van der Waals surface area contributed by atoms with Crippen LogP contribution in [0.2, 0.25) is 5.02 Å². The molecule has 1 heterocycles. The van der Waals surface area contributed by atoms with Crippen LogP contribution in [0.15, 0.2) is 41.0 Å². The molecule has 0 aliphatic heterocycles. The molecule has 1 unspecified atom stereocenters. The summed E-state index contributed by atoms with van der Waals surface area (Å²) in [4.78, 5) is 24.6. The summed E-state index contributed by atoms with van der Waals surface area (Å²) in [5.74, 6) is 0.160. The molecule has 0 radical (unpaired) electrons. The number of benzene rings is 1. The van der Waals surface area contributed by atoms with Crippen molar-refractivity contribution in [2.24, 2.45) is 0 Å². The van der Waals surface area contributed by atoms with Gasteiger partial charge in [-0.05, 0) is 38.4 Å². The highest BCUT2D eigenvalue weighted by Crippen LogP contribution is 2.23. The van der Waals surface area contributed by atoms with Gasteiger partial charge in [0.05, 0.1) is 17.2 Å². The van der Waals surface area contributed by atoms with Crippen LogP contribution in [0.25, 0.3) is 0 Å². The van der Waals surface area contributed by atoms with Gasteiger partial charge in [0.1, 0.15) is 11.3 Å². The molecule has 7 nitrogen and oxygen atoms in total. The summed E-state index contributed by atoms with van der Waals surface area (Å²) in [6, 6.07) is 7.33. The molecule has 122 valence electrons. The van der Waals surface area contributed by atoms with E-state index in [1.165, 1.54) is 12.1 Å². The Morgan fingerprint density at radius 2 is 2.17 bits per heavy atom. The Hall–Kier alpha value is -2.38. The van der Waals surface area contributed by atoms with Gasteiger partial charge in [-0.2, -0.15) is 0 Å². The number of hydrogen-bond acceptors (Lipinski definition) is 5. The number of nitro groups is 1. The first kappa shape index (κ1) is 17.0. The van der Waals surface area contributed by atoms with Crippen LogP contribution in [-0.2, 0) is 0 Å². The van der Waals surface area contributed by atoms with E-state index in [0.29, 0.717) is 5.76 Å². The van der Waals surface area contributed by atoms with Gasteiger partial charge in [-0.1, -0.05) is 11.6 Å². The Kier molecular flexibility index (Phi) is 5.36. The topological polar surface area (TPSA) is 88.6 Å². The summed E-state index contributed by atoms with van der Waals surface area (Å²) in [6.07, 6.45) is 1.55. The number of carbonyl (C=O) groups excluding carboxylic acids is 1. The highest BCUT2D eigenvalue weighted by atomic mass is 35.5. The zero-order chi connectivity index (χ0) is 17.0. The van der Waals surface area contributed by atoms with Gasteiger partial charge in [0.2, 0.25) is 0 Å². The lowest BCUT2D eigenvalue weighted by Crippen LogP contribution is -2.34. The lowest BCUT2D eigenvalue weighted by Gasteiger charge is -2.22. The smallest absolute Gasteiger partial charge is 0.283 e. The summed E-state index contributed by atoms with van der Waals surface area (Å²) in [5.41, 5.74) is -0.356. The SMILES string of the molecule is CN(C)C(CNC(=O)c1ccc(Cl)cc1[N+](=O)[O-])c1ccco1. The molecule has 0 aliphatic carbocycles. The van der Waals surface area contributed by atoms with Crippen molar-refractivity contribution in [1.29, 1.82) is 0 Å². The van der Waals surface area contributed by atoms with Crippen molar-refractivity contribution < 1.29 is 14.1 Å². The number of hydrogen-bond donors (Lipinski definition) is 1. The number of amides is 1. The van der Waals surface area contributed by atoms with Crippen LogP contribution in [-0.4, -0.2) is 36.4 Å². The van der Waals surface area contributed by atoms with Gasteiger partial charge in [-0.25, -0.2) is 0 Å². The van der Waals surface area contributed by atoms with E-state index in [1.807, 2.05) is 25.1 Å². The lowest BCUT2D eigenvalue weighted by molar-refractivity contribution is -0.385. The third kappa shape index (κ3) is 4.08. The van der Waals surface area contributed by atoms with E-state index >= 15 is 0 Å². The molecule has 23 heavy (non-hydrogen) atoms. The third-order valence-corrected chi connectivity index (χ3v) is 3.59. The average Bonchev–Trinajstić information content (AvgIpc) is 3.00. The zero-order valence-electron chi connectivity index (χ0n) is 12.7. The summed E-state index contributed by atoms with van der Waals surface area (Å²) in [5, 5.41) is 14.0. The minimum atomic E-state index is -0.628. The third-order valence-electron chi connectivity index (χ3n) is 3.35. The second kappa shape index (κ2) is 7.26. The molecule has 1 aromatic heterocycles. The van der Waals surface area contributed by atoms with Crippen molar-refractivity contribution in [1.82, 2.24) is 10.2 Å². The summed E-state index contributed by atoms with van der Waals surface area (Å²) >= 11 is 5.75. The molecule has 1 aromatic carbocycles. The molecule has 0 saturated heterocycles. The van der Waals surface area contributed by atoms with E-state index in [9.17, 15) is 14.9 Å². The number of rotatable bonds is 6. The summed E-state index contributed by atoms with van der Waals surface area (Å²) in [7, 11) is 3.70. The van der Waals surface area contributed by atoms with Crippen molar-refractivity contribution in [3.8, 4) is 0 Å². The van der Waals surface area contributed by atoms with Crippen molar-refractivity contribution in [3.63, 3.8) is 0 Å². The molecule has 1 N–H and O–H groups in total. The zero-order valence-corrected chi connectivity index (χ0v) is 13.4. The number of nitrogens with zero attached hydrogens (tertiary/aromatic N) is 2. The van der Waals surface area contributed by atoms with Crippen LogP contribution >= 0.6 is 11.6 Å². The van der Waals surface area contributed by atoms with Crippen LogP contribution in [0, 0.1) is 10.1 Å². The van der Waals surface area contributed by atoms with Crippen LogP contribution in [0.4, 0.5) is 5.69 Å². The number of nitro benzene ring substituents is 1. The molecule has 1 atom stereocenters. The first-order valence-corrected chi connectivity index (χ1v) is 7.20. The van der Waals surface area contributed by atoms with Gasteiger partial charge in [0.15, 0.2) is 0 Å². The molecule has 0 aliphatic rings. The van der Waals surface area contributed by atoms with E-state index < -0.39 is 10.8 Å². The van der Waals surface area contributed by atoms with Crippen molar-refractivity contribution >= 4 is 23.2 Å². The average molecular weight is 338 g/mol. The van der Waals surface area contributed by atoms with Crippen molar-refractivity contribution in [2.45, 2.75) is 6.04 Å². The highest BCUT2D eigenvalue weighted by molar-refractivity contribution is 6.31. The fraction of sp³-hybridized carbons (Fsp3) is 0.267. The van der Waals surface area contributed by atoms with Crippen LogP contribution in [0.1, 0.15) is 22.2 Å². The molecular weight excluding hydrogens is 322 g/mol. The summed E-state index contributed by atoms with van der Waals surface area (Å²) < 4.78 is 5.35. The second-order valence-corrected chi connectivity index (χ2v) is 5.56. The standard InChI is InChI=1S/C15H16ClN3O4/c1-18(2)13(14-4-3-7-23-14)9-17-15(20)11-6-5-10(16)8-12(11)19(21)22/h3-8,13H,9H2,1-2H3,(H,17,20). The Morgan fingerprint density at radius 3 is 2.74 bits per heavy atom. The number of furan rings is 1. The predicted octanol–water partition coefficient (Wildman–Crippen LogP) is 2.87. The monoisotopic (exact) mass is 337 g/mol. The van der Waals surface area contributed by atoms with Crippen molar-refractivity contribution in [2.75, 3.05) is 20.6 Å². The molecule has 0 saturated carbocycles. The second-order valence-electron chi connectivity index (χ2n) is 5.12. The number of carbonyl (C=O) groups is 1. The van der Waals surface area contributed by atoms with Crippen LogP contribution in [0.3, 0.4) is 0 Å². The Balaban J connectivity index is 2.14. The van der Waals surface area contributed by atoms with Gasteiger partial charge in [0, 0.05) is 17.6 Å². The van der Waals surface area contributed by atoms with E-state index in [-0.39, 0.29) is 28.9 Å². The lowest BCUT2D eigenvalue weighted by atomic mass is 10.1. The maximum absolute atomic E-state index is 12.3. The van der Waals surface area contributed by atoms with Gasteiger partial charge in [0.25, 0.3) is 11.6 Å². The van der Waals surface area contributed by atoms with Gasteiger partial charge >= 0.3 is 0 Å². The first-order chi connectivity index (χ1) is 10.9. The minimum Gasteiger partial charge on any atom is -0.468 e. The Morgan fingerprint density at radius 1 is 1.43 bits per heavy atom. The maximum Gasteiger partial charge on any atom is 0.283 e. The molecule has 2 rings (SSSR count). The van der Waals surface area contributed by atoms with E-state index in [1.54, 1.807) is 12.3 Å². The van der Waals surface area contributed by atoms with Gasteiger partial charge in [-0.3, -0.25) is 19.8 Å². The van der Waals surface area contributed by atoms with Crippen LogP contribution in [0.5, 0.6) is 0 Å². The van der Waals surface area contributed by atoms with Gasteiger partial charge < -0.3 is 9.73 Å². The van der Waals surface area contributed by atoms with E-state index in [0.717, 1.165) is 6.07 Å². The number of halogens is 1. The Bertz CT molecular complexity index is 701. The van der Waals surface area contributed by atoms with Gasteiger partial charge in [-0.15, -0.1) is 0 Å². The number of likely N-dealkylation sites (N-methyl/N-ethyl adjacent to an activating group) is 1. The predicted molar refractivity (Wildman–Crippen MR) is 85.6 cm³/mol. The highest BCUT2D eigenvalue weighted by Gasteiger charge is 2.23. The minimum absolute atomic E-state index is 0.0312. The van der Waals surface area contributed by atoms with E-state index in [2.05, 4.69) is 5.32 Å². The summed E-state index contributed by atoms with van der Waals surface area (Å²) in [6.45, 7) is 0.249. The van der Waals surface area contributed by atoms with Crippen molar-refractivity contribution in [3.05, 3.63) is 63.1 Å². The van der Waals surface area contributed by atoms with E-state index in [4.69, 9.17) is 16.0 Å². The molecule has 0 spiro atoms. The molecule has 2 aromatic rings. The first-order valence-electron chi connectivity index (χ1n) is 6.82. The largest absolute Gasteiger partial charge is 0.468 e. The quantitative estimate of drug-likeness (QED) is 0.646. The fourth-order valence-electron chi connectivity index (χ4n) is 2.15. The molecule has 0 fully saturated rings. The Labute approximate surface area is 138 Å². The molecule has 8 heteroatoms.